The first-order valence-electron chi connectivity index (χ1n) is 12.2. The fourth-order valence-corrected chi connectivity index (χ4v) is 5.55. The predicted octanol–water partition coefficient (Wildman–Crippen LogP) is 6.61. The molecule has 1 aromatic heterocycles. The second kappa shape index (κ2) is 11.7. The molecule has 1 aliphatic heterocycles. The van der Waals surface area contributed by atoms with E-state index in [0.717, 1.165) is 54.3 Å². The van der Waals surface area contributed by atoms with Gasteiger partial charge in [-0.05, 0) is 62.9 Å². The van der Waals surface area contributed by atoms with E-state index < -0.39 is 29.4 Å². The highest BCUT2D eigenvalue weighted by atomic mass is 79.9. The third-order valence-corrected chi connectivity index (χ3v) is 7.57. The maximum absolute atomic E-state index is 14.7. The topological polar surface area (TPSA) is 82.5 Å². The number of aromatic nitrogens is 1. The quantitative estimate of drug-likeness (QED) is 0.287. The summed E-state index contributed by atoms with van der Waals surface area (Å²) in [6.07, 6.45) is 2.92. The highest BCUT2D eigenvalue weighted by Crippen LogP contribution is 2.34. The number of aliphatic carboxylic acids is 1. The number of hydrogen-bond donors (Lipinski definition) is 2. The van der Waals surface area contributed by atoms with Crippen LogP contribution in [0.1, 0.15) is 59.5 Å². The molecular weight excluding hydrogens is 568 g/mol. The van der Waals surface area contributed by atoms with E-state index in [9.17, 15) is 23.5 Å². The number of carbonyl (C=O) groups excluding carboxylic acids is 1. The lowest BCUT2D eigenvalue weighted by molar-refractivity contribution is -0.137. The van der Waals surface area contributed by atoms with Crippen LogP contribution in [-0.2, 0) is 4.79 Å². The SMILES string of the molecule is Cc1c(N2CCCCC2)nc2ccc(Br)cc2c1C(=O)NC[C@H](CCC(=O)O)c1c(Cl)ccc(F)c1F. The third-order valence-electron chi connectivity index (χ3n) is 6.75. The Hall–Kier alpha value is -2.78. The smallest absolute Gasteiger partial charge is 0.303 e. The van der Waals surface area contributed by atoms with Crippen molar-refractivity contribution in [2.45, 2.75) is 44.9 Å². The zero-order valence-electron chi connectivity index (χ0n) is 20.3. The van der Waals surface area contributed by atoms with E-state index in [-0.39, 0.29) is 30.0 Å². The molecule has 2 heterocycles. The number of carboxylic acids is 1. The Morgan fingerprint density at radius 3 is 2.62 bits per heavy atom. The summed E-state index contributed by atoms with van der Waals surface area (Å²) < 4.78 is 29.5. The van der Waals surface area contributed by atoms with Gasteiger partial charge in [0.2, 0.25) is 0 Å². The fourth-order valence-electron chi connectivity index (χ4n) is 4.89. The minimum Gasteiger partial charge on any atom is -0.481 e. The number of hydrogen-bond acceptors (Lipinski definition) is 4. The minimum absolute atomic E-state index is 0.0228. The normalized spacial score (nSPS) is 14.6. The molecule has 0 saturated carbocycles. The Bertz CT molecular complexity index is 1350. The summed E-state index contributed by atoms with van der Waals surface area (Å²) in [4.78, 5) is 31.9. The van der Waals surface area contributed by atoms with E-state index >= 15 is 0 Å². The highest BCUT2D eigenvalue weighted by molar-refractivity contribution is 9.10. The summed E-state index contributed by atoms with van der Waals surface area (Å²) >= 11 is 9.65. The molecule has 2 N–H and O–H groups in total. The van der Waals surface area contributed by atoms with Crippen molar-refractivity contribution >= 4 is 56.1 Å². The van der Waals surface area contributed by atoms with Gasteiger partial charge >= 0.3 is 5.97 Å². The lowest BCUT2D eigenvalue weighted by atomic mass is 9.93. The van der Waals surface area contributed by atoms with Crippen LogP contribution >= 0.6 is 27.5 Å². The van der Waals surface area contributed by atoms with Crippen LogP contribution in [0.2, 0.25) is 5.02 Å². The number of amides is 1. The average Bonchev–Trinajstić information content (AvgIpc) is 2.87. The second-order valence-electron chi connectivity index (χ2n) is 9.24. The molecule has 2 aromatic carbocycles. The molecule has 1 saturated heterocycles. The zero-order chi connectivity index (χ0) is 26.7. The first-order valence-corrected chi connectivity index (χ1v) is 13.3. The number of carboxylic acid groups (broad SMARTS) is 1. The third kappa shape index (κ3) is 6.04. The van der Waals surface area contributed by atoms with Gasteiger partial charge < -0.3 is 15.3 Å². The summed E-state index contributed by atoms with van der Waals surface area (Å²) in [5.41, 5.74) is 1.69. The van der Waals surface area contributed by atoms with E-state index in [1.165, 1.54) is 6.07 Å². The molecule has 0 bridgehead atoms. The molecule has 37 heavy (non-hydrogen) atoms. The van der Waals surface area contributed by atoms with Crippen LogP contribution < -0.4 is 10.2 Å². The van der Waals surface area contributed by atoms with Crippen molar-refractivity contribution in [3.8, 4) is 0 Å². The molecule has 6 nitrogen and oxygen atoms in total. The van der Waals surface area contributed by atoms with Crippen molar-refractivity contribution in [1.29, 1.82) is 0 Å². The number of carbonyl (C=O) groups is 2. The number of benzene rings is 2. The van der Waals surface area contributed by atoms with Gasteiger partial charge in [0.25, 0.3) is 5.91 Å². The van der Waals surface area contributed by atoms with E-state index in [0.29, 0.717) is 16.5 Å². The van der Waals surface area contributed by atoms with Crippen molar-refractivity contribution in [1.82, 2.24) is 10.3 Å². The van der Waals surface area contributed by atoms with Gasteiger partial charge in [0.1, 0.15) is 5.82 Å². The van der Waals surface area contributed by atoms with Crippen LogP contribution in [0.4, 0.5) is 14.6 Å². The summed E-state index contributed by atoms with van der Waals surface area (Å²) in [6, 6.07) is 7.69. The molecule has 0 aliphatic carbocycles. The van der Waals surface area contributed by atoms with Crippen LogP contribution in [0, 0.1) is 18.6 Å². The molecule has 3 aromatic rings. The largest absolute Gasteiger partial charge is 0.481 e. The van der Waals surface area contributed by atoms with E-state index in [4.69, 9.17) is 16.6 Å². The molecule has 0 radical (unpaired) electrons. The molecule has 0 unspecified atom stereocenters. The lowest BCUT2D eigenvalue weighted by Gasteiger charge is -2.30. The first-order chi connectivity index (χ1) is 17.7. The number of fused-ring (bicyclic) bond motifs is 1. The summed E-state index contributed by atoms with van der Waals surface area (Å²) in [5, 5.41) is 12.7. The summed E-state index contributed by atoms with van der Waals surface area (Å²) in [6.45, 7) is 3.44. The molecule has 10 heteroatoms. The summed E-state index contributed by atoms with van der Waals surface area (Å²) in [7, 11) is 0. The maximum atomic E-state index is 14.7. The first kappa shape index (κ1) is 27.3. The molecule has 4 rings (SSSR count). The van der Waals surface area contributed by atoms with E-state index in [1.54, 1.807) is 0 Å². The van der Waals surface area contributed by atoms with Crippen molar-refractivity contribution in [3.05, 3.63) is 68.2 Å². The molecule has 1 aliphatic rings. The Balaban J connectivity index is 1.70. The monoisotopic (exact) mass is 593 g/mol. The maximum Gasteiger partial charge on any atom is 0.303 e. The lowest BCUT2D eigenvalue weighted by Crippen LogP contribution is -2.33. The average molecular weight is 595 g/mol. The fraction of sp³-hybridized carbons (Fsp3) is 0.370. The Morgan fingerprint density at radius 2 is 1.92 bits per heavy atom. The van der Waals surface area contributed by atoms with Crippen LogP contribution in [0.3, 0.4) is 0 Å². The van der Waals surface area contributed by atoms with E-state index in [2.05, 4.69) is 26.1 Å². The number of nitrogens with zero attached hydrogens (tertiary/aromatic N) is 2. The van der Waals surface area contributed by atoms with Crippen molar-refractivity contribution in [2.75, 3.05) is 24.5 Å². The molecule has 1 atom stereocenters. The van der Waals surface area contributed by atoms with Gasteiger partial charge in [0, 0.05) is 58.0 Å². The van der Waals surface area contributed by atoms with Gasteiger partial charge in [-0.25, -0.2) is 13.8 Å². The van der Waals surface area contributed by atoms with Gasteiger partial charge in [-0.2, -0.15) is 0 Å². The van der Waals surface area contributed by atoms with Crippen LogP contribution in [0.5, 0.6) is 0 Å². The van der Waals surface area contributed by atoms with Crippen LogP contribution in [0.15, 0.2) is 34.8 Å². The Labute approximate surface area is 227 Å². The Morgan fingerprint density at radius 1 is 1.19 bits per heavy atom. The van der Waals surface area contributed by atoms with Crippen LogP contribution in [-0.4, -0.2) is 41.6 Å². The number of anilines is 1. The van der Waals surface area contributed by atoms with Gasteiger partial charge in [0.05, 0.1) is 11.1 Å². The Kier molecular flexibility index (Phi) is 8.64. The predicted molar refractivity (Wildman–Crippen MR) is 144 cm³/mol. The number of pyridine rings is 1. The van der Waals surface area contributed by atoms with Gasteiger partial charge in [0.15, 0.2) is 11.6 Å². The minimum atomic E-state index is -1.14. The van der Waals surface area contributed by atoms with Gasteiger partial charge in [-0.3, -0.25) is 9.59 Å². The summed E-state index contributed by atoms with van der Waals surface area (Å²) in [5.74, 6) is -3.81. The van der Waals surface area contributed by atoms with Gasteiger partial charge in [-0.15, -0.1) is 0 Å². The van der Waals surface area contributed by atoms with Crippen LogP contribution in [0.25, 0.3) is 10.9 Å². The molecular formula is C27H27BrClF2N3O3. The number of rotatable bonds is 8. The standard InChI is InChI=1S/C27H27BrClF2N3O3/c1-15-23(18-13-17(28)6-9-21(18)33-26(15)34-11-3-2-4-12-34)27(37)32-14-16(5-10-22(35)36)24-19(29)7-8-20(30)25(24)31/h6-9,13,16H,2-5,10-12,14H2,1H3,(H,32,37)(H,35,36)/t16-/m0/s1. The van der Waals surface area contributed by atoms with E-state index in [1.807, 2.05) is 25.1 Å². The zero-order valence-corrected chi connectivity index (χ0v) is 22.6. The van der Waals surface area contributed by atoms with Crippen molar-refractivity contribution in [3.63, 3.8) is 0 Å². The highest BCUT2D eigenvalue weighted by Gasteiger charge is 2.26. The number of nitrogens with one attached hydrogen (secondary N) is 1. The second-order valence-corrected chi connectivity index (χ2v) is 10.6. The number of piperidine rings is 1. The molecule has 0 spiro atoms. The van der Waals surface area contributed by atoms with Crippen molar-refractivity contribution in [2.24, 2.45) is 0 Å². The molecule has 1 fully saturated rings. The van der Waals surface area contributed by atoms with Crippen molar-refractivity contribution < 1.29 is 23.5 Å². The number of halogens is 4. The molecule has 196 valence electrons. The molecule has 1 amide bonds. The van der Waals surface area contributed by atoms with Gasteiger partial charge in [-0.1, -0.05) is 27.5 Å².